The van der Waals surface area contributed by atoms with E-state index in [-0.39, 0.29) is 24.4 Å². The van der Waals surface area contributed by atoms with Gasteiger partial charge in [0.1, 0.15) is 6.04 Å². The zero-order valence-corrected chi connectivity index (χ0v) is 10.0. The average Bonchev–Trinajstić information content (AvgIpc) is 3.07. The van der Waals surface area contributed by atoms with Gasteiger partial charge in [0.25, 0.3) is 0 Å². The number of nitrogens with zero attached hydrogens (tertiary/aromatic N) is 1. The molecule has 1 aliphatic heterocycles. The van der Waals surface area contributed by atoms with E-state index in [0.717, 1.165) is 12.5 Å². The minimum absolute atomic E-state index is 0.00472. The lowest BCUT2D eigenvalue weighted by Crippen LogP contribution is -2.59. The molecule has 16 heavy (non-hydrogen) atoms. The molecule has 1 heterocycles. The van der Waals surface area contributed by atoms with Crippen molar-refractivity contribution in [2.45, 2.75) is 39.2 Å². The highest BCUT2D eigenvalue weighted by atomic mass is 16.2. The summed E-state index contributed by atoms with van der Waals surface area (Å²) in [5.74, 6) is 1.38. The number of amides is 2. The first-order chi connectivity index (χ1) is 7.63. The number of nitrogens with one attached hydrogen (secondary N) is 1. The second-order valence-corrected chi connectivity index (χ2v) is 5.00. The van der Waals surface area contributed by atoms with E-state index < -0.39 is 0 Å². The van der Waals surface area contributed by atoms with Crippen LogP contribution in [-0.4, -0.2) is 35.8 Å². The van der Waals surface area contributed by atoms with Crippen molar-refractivity contribution < 1.29 is 9.59 Å². The highest BCUT2D eigenvalue weighted by Crippen LogP contribution is 2.37. The standard InChI is InChI=1S/C12H20N2O2/c1-3-10-12(16)13-6-11(15)14(10)7-8(2)9-4-5-9/h8-10H,3-7H2,1-2H3,(H,13,16). The van der Waals surface area contributed by atoms with Gasteiger partial charge in [-0.05, 0) is 31.1 Å². The summed E-state index contributed by atoms with van der Waals surface area (Å²) in [5.41, 5.74) is 0. The maximum absolute atomic E-state index is 11.8. The van der Waals surface area contributed by atoms with Crippen LogP contribution in [0.2, 0.25) is 0 Å². The molecule has 1 aliphatic carbocycles. The van der Waals surface area contributed by atoms with Gasteiger partial charge in [-0.3, -0.25) is 9.59 Å². The zero-order valence-electron chi connectivity index (χ0n) is 10.0. The monoisotopic (exact) mass is 224 g/mol. The smallest absolute Gasteiger partial charge is 0.243 e. The van der Waals surface area contributed by atoms with Gasteiger partial charge < -0.3 is 10.2 Å². The van der Waals surface area contributed by atoms with Crippen LogP contribution in [0.3, 0.4) is 0 Å². The molecule has 1 N–H and O–H groups in total. The van der Waals surface area contributed by atoms with Crippen molar-refractivity contribution in [1.82, 2.24) is 10.2 Å². The molecule has 1 saturated heterocycles. The van der Waals surface area contributed by atoms with Gasteiger partial charge in [0.05, 0.1) is 6.54 Å². The molecule has 0 aromatic carbocycles. The maximum atomic E-state index is 11.8. The molecule has 1 saturated carbocycles. The van der Waals surface area contributed by atoms with Crippen molar-refractivity contribution in [3.05, 3.63) is 0 Å². The van der Waals surface area contributed by atoms with E-state index in [1.165, 1.54) is 12.8 Å². The third kappa shape index (κ3) is 2.20. The van der Waals surface area contributed by atoms with Crippen LogP contribution in [0.4, 0.5) is 0 Å². The Morgan fingerprint density at radius 1 is 1.44 bits per heavy atom. The van der Waals surface area contributed by atoms with E-state index in [2.05, 4.69) is 12.2 Å². The van der Waals surface area contributed by atoms with E-state index >= 15 is 0 Å². The minimum Gasteiger partial charge on any atom is -0.345 e. The number of piperazine rings is 1. The summed E-state index contributed by atoms with van der Waals surface area (Å²) in [4.78, 5) is 25.2. The first-order valence-electron chi connectivity index (χ1n) is 6.20. The maximum Gasteiger partial charge on any atom is 0.243 e. The van der Waals surface area contributed by atoms with Crippen LogP contribution in [0, 0.1) is 11.8 Å². The van der Waals surface area contributed by atoms with Crippen molar-refractivity contribution in [3.63, 3.8) is 0 Å². The normalized spacial score (nSPS) is 27.9. The lowest BCUT2D eigenvalue weighted by Gasteiger charge is -2.36. The Bertz CT molecular complexity index is 299. The molecule has 0 radical (unpaired) electrons. The number of carbonyl (C=O) groups is 2. The van der Waals surface area contributed by atoms with Crippen molar-refractivity contribution in [2.24, 2.45) is 11.8 Å². The predicted octanol–water partition coefficient (Wildman–Crippen LogP) is 0.769. The second kappa shape index (κ2) is 4.44. The fourth-order valence-corrected chi connectivity index (χ4v) is 2.46. The Morgan fingerprint density at radius 3 is 2.69 bits per heavy atom. The van der Waals surface area contributed by atoms with Crippen LogP contribution in [0.5, 0.6) is 0 Å². The van der Waals surface area contributed by atoms with Crippen molar-refractivity contribution in [1.29, 1.82) is 0 Å². The zero-order chi connectivity index (χ0) is 11.7. The summed E-state index contributed by atoms with van der Waals surface area (Å²) in [6.07, 6.45) is 3.27. The van der Waals surface area contributed by atoms with Crippen LogP contribution in [0.1, 0.15) is 33.1 Å². The largest absolute Gasteiger partial charge is 0.345 e. The highest BCUT2D eigenvalue weighted by Gasteiger charge is 2.36. The second-order valence-electron chi connectivity index (χ2n) is 5.00. The van der Waals surface area contributed by atoms with E-state index in [4.69, 9.17) is 0 Å². The molecule has 4 nitrogen and oxygen atoms in total. The van der Waals surface area contributed by atoms with Crippen molar-refractivity contribution in [3.8, 4) is 0 Å². The summed E-state index contributed by atoms with van der Waals surface area (Å²) in [7, 11) is 0. The molecule has 2 fully saturated rings. The molecule has 0 aromatic heterocycles. The Labute approximate surface area is 96.4 Å². The molecule has 2 amide bonds. The molecule has 0 aromatic rings. The van der Waals surface area contributed by atoms with Gasteiger partial charge in [-0.15, -0.1) is 0 Å². The molecule has 2 atom stereocenters. The van der Waals surface area contributed by atoms with Crippen LogP contribution in [0.15, 0.2) is 0 Å². The van der Waals surface area contributed by atoms with E-state index in [1.807, 2.05) is 6.92 Å². The molecule has 2 unspecified atom stereocenters. The summed E-state index contributed by atoms with van der Waals surface area (Å²) in [5, 5.41) is 2.65. The molecule has 90 valence electrons. The van der Waals surface area contributed by atoms with Crippen LogP contribution >= 0.6 is 0 Å². The van der Waals surface area contributed by atoms with Crippen LogP contribution in [0.25, 0.3) is 0 Å². The molecule has 2 aliphatic rings. The number of hydrogen-bond donors (Lipinski definition) is 1. The summed E-state index contributed by atoms with van der Waals surface area (Å²) < 4.78 is 0. The first-order valence-corrected chi connectivity index (χ1v) is 6.20. The van der Waals surface area contributed by atoms with Gasteiger partial charge in [0.15, 0.2) is 0 Å². The molecule has 0 bridgehead atoms. The Hall–Kier alpha value is -1.06. The van der Waals surface area contributed by atoms with Gasteiger partial charge in [0, 0.05) is 6.54 Å². The molecule has 0 spiro atoms. The van der Waals surface area contributed by atoms with E-state index in [9.17, 15) is 9.59 Å². The quantitative estimate of drug-likeness (QED) is 0.766. The molecule has 2 rings (SSSR count). The van der Waals surface area contributed by atoms with E-state index in [0.29, 0.717) is 12.3 Å². The van der Waals surface area contributed by atoms with E-state index in [1.54, 1.807) is 4.90 Å². The summed E-state index contributed by atoms with van der Waals surface area (Å²) >= 11 is 0. The SMILES string of the molecule is CCC1C(=O)NCC(=O)N1CC(C)C1CC1. The average molecular weight is 224 g/mol. The Balaban J connectivity index is 2.01. The number of rotatable bonds is 4. The summed E-state index contributed by atoms with van der Waals surface area (Å²) in [6, 6.07) is -0.248. The van der Waals surface area contributed by atoms with Gasteiger partial charge in [-0.1, -0.05) is 13.8 Å². The van der Waals surface area contributed by atoms with Crippen LogP contribution < -0.4 is 5.32 Å². The lowest BCUT2D eigenvalue weighted by atomic mass is 10.0. The molecule has 4 heteroatoms. The summed E-state index contributed by atoms with van der Waals surface area (Å²) in [6.45, 7) is 5.06. The topological polar surface area (TPSA) is 49.4 Å². The van der Waals surface area contributed by atoms with Gasteiger partial charge >= 0.3 is 0 Å². The Kier molecular flexibility index (Phi) is 3.17. The molecular weight excluding hydrogens is 204 g/mol. The first kappa shape index (κ1) is 11.4. The fraction of sp³-hybridized carbons (Fsp3) is 0.833. The van der Waals surface area contributed by atoms with Gasteiger partial charge in [0.2, 0.25) is 11.8 Å². The van der Waals surface area contributed by atoms with Crippen LogP contribution in [-0.2, 0) is 9.59 Å². The predicted molar refractivity (Wildman–Crippen MR) is 60.7 cm³/mol. The third-order valence-corrected chi connectivity index (χ3v) is 3.71. The van der Waals surface area contributed by atoms with Gasteiger partial charge in [-0.25, -0.2) is 0 Å². The Morgan fingerprint density at radius 2 is 2.12 bits per heavy atom. The number of hydrogen-bond acceptors (Lipinski definition) is 2. The lowest BCUT2D eigenvalue weighted by molar-refractivity contribution is -0.146. The number of carbonyl (C=O) groups excluding carboxylic acids is 2. The third-order valence-electron chi connectivity index (χ3n) is 3.71. The van der Waals surface area contributed by atoms with Crippen molar-refractivity contribution in [2.75, 3.05) is 13.1 Å². The minimum atomic E-state index is -0.248. The fourth-order valence-electron chi connectivity index (χ4n) is 2.46. The molecular formula is C12H20N2O2. The van der Waals surface area contributed by atoms with Gasteiger partial charge in [-0.2, -0.15) is 0 Å². The van der Waals surface area contributed by atoms with Crippen molar-refractivity contribution >= 4 is 11.8 Å². The highest BCUT2D eigenvalue weighted by molar-refractivity contribution is 5.94.